The summed E-state index contributed by atoms with van der Waals surface area (Å²) in [6.45, 7) is 5.70. The Morgan fingerprint density at radius 2 is 2.20 bits per heavy atom. The van der Waals surface area contributed by atoms with Gasteiger partial charge in [-0.25, -0.2) is 0 Å². The summed E-state index contributed by atoms with van der Waals surface area (Å²) in [5.74, 6) is -0.183. The van der Waals surface area contributed by atoms with Crippen LogP contribution in [0, 0.1) is 0 Å². The number of nitrogens with one attached hydrogen (secondary N) is 1. The smallest absolute Gasteiger partial charge is 0.253 e. The van der Waals surface area contributed by atoms with Crippen molar-refractivity contribution in [2.24, 2.45) is 0 Å². The molecule has 6 nitrogen and oxygen atoms in total. The minimum Gasteiger partial charge on any atom is -0.379 e. The van der Waals surface area contributed by atoms with Gasteiger partial charge in [0.2, 0.25) is 0 Å². The molecule has 2 aromatic rings. The Kier molecular flexibility index (Phi) is 5.73. The predicted octanol–water partition coefficient (Wildman–Crippen LogP) is 2.50. The van der Waals surface area contributed by atoms with E-state index >= 15 is 0 Å². The Bertz CT molecular complexity index is 766. The number of ether oxygens (including phenoxy) is 2. The van der Waals surface area contributed by atoms with Crippen molar-refractivity contribution in [1.29, 1.82) is 0 Å². The van der Waals surface area contributed by atoms with E-state index < -0.39 is 0 Å². The zero-order chi connectivity index (χ0) is 17.6. The molecule has 1 aliphatic rings. The average Bonchev–Trinajstić information content (AvgIpc) is 2.62. The minimum absolute atomic E-state index is 0.0608. The Morgan fingerprint density at radius 3 is 3.04 bits per heavy atom. The van der Waals surface area contributed by atoms with E-state index in [0.29, 0.717) is 36.4 Å². The second-order valence-electron chi connectivity index (χ2n) is 6.33. The molecule has 1 fully saturated rings. The third kappa shape index (κ3) is 4.41. The fourth-order valence-electron chi connectivity index (χ4n) is 2.81. The highest BCUT2D eigenvalue weighted by Crippen LogP contribution is 2.16. The average molecular weight is 341 g/mol. The third-order valence-electron chi connectivity index (χ3n) is 4.15. The molecule has 0 unspecified atom stereocenters. The SMILES string of the molecule is CC(C)=CCO[C@H]1CCOC[C@H]1NC(=O)c1cccc2nccnc12. The summed E-state index contributed by atoms with van der Waals surface area (Å²) in [6.07, 6.45) is 5.94. The molecule has 1 aromatic heterocycles. The summed E-state index contributed by atoms with van der Waals surface area (Å²) >= 11 is 0. The molecule has 1 aliphatic heterocycles. The molecule has 0 saturated carbocycles. The number of amides is 1. The van der Waals surface area contributed by atoms with E-state index in [1.807, 2.05) is 32.1 Å². The van der Waals surface area contributed by atoms with Gasteiger partial charge in [-0.1, -0.05) is 17.7 Å². The van der Waals surface area contributed by atoms with Gasteiger partial charge in [-0.15, -0.1) is 0 Å². The summed E-state index contributed by atoms with van der Waals surface area (Å²) < 4.78 is 11.5. The number of carbonyl (C=O) groups is 1. The highest BCUT2D eigenvalue weighted by Gasteiger charge is 2.28. The van der Waals surface area contributed by atoms with Gasteiger partial charge in [-0.05, 0) is 32.4 Å². The molecule has 2 atom stereocenters. The number of benzene rings is 1. The first kappa shape index (κ1) is 17.5. The Labute approximate surface area is 147 Å². The normalized spacial score (nSPS) is 20.2. The second-order valence-corrected chi connectivity index (χ2v) is 6.33. The Hall–Kier alpha value is -2.31. The number of rotatable bonds is 5. The van der Waals surface area contributed by atoms with Crippen LogP contribution in [0.3, 0.4) is 0 Å². The van der Waals surface area contributed by atoms with Crippen molar-refractivity contribution in [1.82, 2.24) is 15.3 Å². The Balaban J connectivity index is 1.72. The zero-order valence-corrected chi connectivity index (χ0v) is 14.6. The summed E-state index contributed by atoms with van der Waals surface area (Å²) in [4.78, 5) is 21.3. The van der Waals surface area contributed by atoms with Gasteiger partial charge >= 0.3 is 0 Å². The van der Waals surface area contributed by atoms with E-state index in [1.165, 1.54) is 5.57 Å². The standard InChI is InChI=1S/C19H23N3O3/c1-13(2)6-11-25-17-7-10-24-12-16(17)22-19(23)14-4-3-5-15-18(14)21-9-8-20-15/h3-6,8-9,16-17H,7,10-12H2,1-2H3,(H,22,23)/t16-,17+/m1/s1. The van der Waals surface area contributed by atoms with Gasteiger partial charge < -0.3 is 14.8 Å². The van der Waals surface area contributed by atoms with Crippen LogP contribution in [-0.4, -0.2) is 47.8 Å². The molecule has 6 heteroatoms. The minimum atomic E-state index is -0.183. The molecular weight excluding hydrogens is 318 g/mol. The fraction of sp³-hybridized carbons (Fsp3) is 0.421. The van der Waals surface area contributed by atoms with Crippen molar-refractivity contribution in [2.45, 2.75) is 32.4 Å². The third-order valence-corrected chi connectivity index (χ3v) is 4.15. The monoisotopic (exact) mass is 341 g/mol. The van der Waals surface area contributed by atoms with Crippen LogP contribution < -0.4 is 5.32 Å². The van der Waals surface area contributed by atoms with Crippen molar-refractivity contribution in [3.63, 3.8) is 0 Å². The first-order chi connectivity index (χ1) is 12.1. The van der Waals surface area contributed by atoms with Crippen LogP contribution in [0.5, 0.6) is 0 Å². The number of nitrogens with zero attached hydrogens (tertiary/aromatic N) is 2. The van der Waals surface area contributed by atoms with E-state index in [9.17, 15) is 4.79 Å². The van der Waals surface area contributed by atoms with Crippen LogP contribution in [0.25, 0.3) is 11.0 Å². The molecule has 2 heterocycles. The molecular formula is C19H23N3O3. The number of hydrogen-bond acceptors (Lipinski definition) is 5. The second kappa shape index (κ2) is 8.18. The molecule has 132 valence electrons. The van der Waals surface area contributed by atoms with Gasteiger partial charge in [0.1, 0.15) is 5.52 Å². The lowest BCUT2D eigenvalue weighted by Gasteiger charge is -2.32. The molecule has 1 saturated heterocycles. The van der Waals surface area contributed by atoms with Crippen LogP contribution >= 0.6 is 0 Å². The van der Waals surface area contributed by atoms with Crippen LogP contribution in [0.15, 0.2) is 42.2 Å². The Morgan fingerprint density at radius 1 is 1.36 bits per heavy atom. The molecule has 3 rings (SSSR count). The highest BCUT2D eigenvalue weighted by atomic mass is 16.5. The quantitative estimate of drug-likeness (QED) is 0.846. The maximum Gasteiger partial charge on any atom is 0.253 e. The van der Waals surface area contributed by atoms with Gasteiger partial charge in [0.25, 0.3) is 5.91 Å². The first-order valence-electron chi connectivity index (χ1n) is 8.48. The van der Waals surface area contributed by atoms with E-state index in [4.69, 9.17) is 9.47 Å². The zero-order valence-electron chi connectivity index (χ0n) is 14.6. The van der Waals surface area contributed by atoms with Crippen molar-refractivity contribution >= 4 is 16.9 Å². The lowest BCUT2D eigenvalue weighted by Crippen LogP contribution is -2.50. The molecule has 0 radical (unpaired) electrons. The highest BCUT2D eigenvalue weighted by molar-refractivity contribution is 6.04. The van der Waals surface area contributed by atoms with Crippen molar-refractivity contribution < 1.29 is 14.3 Å². The van der Waals surface area contributed by atoms with Crippen molar-refractivity contribution in [2.75, 3.05) is 19.8 Å². The number of aromatic nitrogens is 2. The first-order valence-corrected chi connectivity index (χ1v) is 8.48. The predicted molar refractivity (Wildman–Crippen MR) is 95.4 cm³/mol. The fourth-order valence-corrected chi connectivity index (χ4v) is 2.81. The van der Waals surface area contributed by atoms with Crippen LogP contribution in [0.1, 0.15) is 30.6 Å². The molecule has 1 amide bonds. The maximum absolute atomic E-state index is 12.8. The molecule has 0 bridgehead atoms. The number of allylic oxidation sites excluding steroid dienone is 1. The number of fused-ring (bicyclic) bond motifs is 1. The lowest BCUT2D eigenvalue weighted by atomic mass is 10.1. The van der Waals surface area contributed by atoms with Crippen LogP contribution in [0.2, 0.25) is 0 Å². The van der Waals surface area contributed by atoms with Crippen molar-refractivity contribution in [3.05, 3.63) is 47.8 Å². The van der Waals surface area contributed by atoms with Gasteiger partial charge in [0, 0.05) is 19.0 Å². The molecule has 0 spiro atoms. The van der Waals surface area contributed by atoms with Gasteiger partial charge in [-0.2, -0.15) is 0 Å². The number of para-hydroxylation sites is 1. The molecule has 1 aromatic carbocycles. The van der Waals surface area contributed by atoms with E-state index in [2.05, 4.69) is 15.3 Å². The summed E-state index contributed by atoms with van der Waals surface area (Å²) in [7, 11) is 0. The topological polar surface area (TPSA) is 73.3 Å². The maximum atomic E-state index is 12.8. The van der Waals surface area contributed by atoms with E-state index in [-0.39, 0.29) is 18.1 Å². The van der Waals surface area contributed by atoms with Gasteiger partial charge in [0.05, 0.1) is 36.4 Å². The summed E-state index contributed by atoms with van der Waals surface area (Å²) in [5, 5.41) is 3.04. The van der Waals surface area contributed by atoms with Gasteiger partial charge in [-0.3, -0.25) is 14.8 Å². The van der Waals surface area contributed by atoms with Crippen molar-refractivity contribution in [3.8, 4) is 0 Å². The summed E-state index contributed by atoms with van der Waals surface area (Å²) in [5.41, 5.74) is 3.02. The largest absolute Gasteiger partial charge is 0.379 e. The van der Waals surface area contributed by atoms with Crippen LogP contribution in [-0.2, 0) is 9.47 Å². The van der Waals surface area contributed by atoms with Gasteiger partial charge in [0.15, 0.2) is 0 Å². The van der Waals surface area contributed by atoms with E-state index in [1.54, 1.807) is 18.5 Å². The van der Waals surface area contributed by atoms with E-state index in [0.717, 1.165) is 6.42 Å². The van der Waals surface area contributed by atoms with Crippen LogP contribution in [0.4, 0.5) is 0 Å². The lowest BCUT2D eigenvalue weighted by molar-refractivity contribution is -0.0457. The summed E-state index contributed by atoms with van der Waals surface area (Å²) in [6, 6.07) is 5.23. The number of carbonyl (C=O) groups excluding carboxylic acids is 1. The molecule has 25 heavy (non-hydrogen) atoms. The molecule has 1 N–H and O–H groups in total. The number of hydrogen-bond donors (Lipinski definition) is 1. The molecule has 0 aliphatic carbocycles.